The highest BCUT2D eigenvalue weighted by atomic mass is 32.2. The molecule has 0 bridgehead atoms. The van der Waals surface area contributed by atoms with E-state index in [0.29, 0.717) is 39.2 Å². The van der Waals surface area contributed by atoms with E-state index in [-0.39, 0.29) is 16.5 Å². The molecule has 0 spiro atoms. The molecule has 7 aromatic rings. The lowest BCUT2D eigenvalue weighted by molar-refractivity contribution is 0.483. The summed E-state index contributed by atoms with van der Waals surface area (Å²) in [6.45, 7) is 13.7. The minimum Gasteiger partial charge on any atom is -0.372 e. The van der Waals surface area contributed by atoms with Gasteiger partial charge in [0.25, 0.3) is 10.1 Å². The number of rotatable bonds is 19. The number of fused-ring (bicyclic) bond motifs is 2. The van der Waals surface area contributed by atoms with Gasteiger partial charge in [0.2, 0.25) is 11.9 Å². The molecule has 7 rings (SSSR count). The number of hydrogen-bond acceptors (Lipinski definition) is 14. The van der Waals surface area contributed by atoms with Crippen molar-refractivity contribution in [2.45, 2.75) is 57.5 Å². The summed E-state index contributed by atoms with van der Waals surface area (Å²) in [6.07, 6.45) is 1.99. The molecule has 0 aliphatic heterocycles. The summed E-state index contributed by atoms with van der Waals surface area (Å²) in [5.41, 5.74) is 4.87. The van der Waals surface area contributed by atoms with E-state index in [1.807, 2.05) is 72.8 Å². The van der Waals surface area contributed by atoms with Crippen molar-refractivity contribution in [3.63, 3.8) is 0 Å². The first-order valence-electron chi connectivity index (χ1n) is 21.1. The minimum atomic E-state index is -4.63. The second kappa shape index (κ2) is 20.6. The Morgan fingerprint density at radius 1 is 0.587 bits per heavy atom. The fourth-order valence-corrected chi connectivity index (χ4v) is 8.68. The molecule has 3 N–H and O–H groups in total. The topological polar surface area (TPSA) is 173 Å². The standard InChI is InChI=1S/C47H51N11O3S2/c1-6-11-29-62-47-51-45(48-41-30-34(57(7-2)8-3)24-26-39(41)54-53-38-22-16-19-32-17-12-14-20-36(32)38)50-46(52-47)49-42-31-35(58(9-4)10-5)25-27-40(42)55-56-44-37-21-15-13-18-33(37)23-28-43(44)63(59,60)61/h12-28,30-31H,6-11,29H2,1-5H3,(H,59,60,61)(H2,48,49,50,51,52). The summed E-state index contributed by atoms with van der Waals surface area (Å²) in [5, 5.41) is 29.3. The molecule has 63 heavy (non-hydrogen) atoms. The molecule has 0 aliphatic rings. The molecule has 16 heteroatoms. The molecule has 0 fully saturated rings. The molecule has 0 saturated heterocycles. The van der Waals surface area contributed by atoms with Gasteiger partial charge in [0, 0.05) is 54.1 Å². The highest BCUT2D eigenvalue weighted by molar-refractivity contribution is 7.99. The van der Waals surface area contributed by atoms with Gasteiger partial charge in [-0.3, -0.25) is 4.55 Å². The summed E-state index contributed by atoms with van der Waals surface area (Å²) in [5.74, 6) is 1.35. The van der Waals surface area contributed by atoms with Crippen LogP contribution in [0.2, 0.25) is 0 Å². The third-order valence-electron chi connectivity index (χ3n) is 10.5. The molecule has 324 valence electrons. The molecule has 1 heterocycles. The SMILES string of the molecule is CCCCSc1nc(Nc2cc(N(CC)CC)ccc2N=Nc2cccc3ccccc23)nc(Nc2cc(N(CC)CC)ccc2N=Nc2c(S(=O)(=O)O)ccc3ccccc23)n1. The van der Waals surface area contributed by atoms with Gasteiger partial charge in [0.15, 0.2) is 5.16 Å². The zero-order valence-electron chi connectivity index (χ0n) is 36.0. The molecule has 0 radical (unpaired) electrons. The Bertz CT molecular complexity index is 2880. The highest BCUT2D eigenvalue weighted by Crippen LogP contribution is 2.39. The number of anilines is 6. The van der Waals surface area contributed by atoms with Crippen LogP contribution in [0, 0.1) is 0 Å². The van der Waals surface area contributed by atoms with Crippen LogP contribution in [0.5, 0.6) is 0 Å². The van der Waals surface area contributed by atoms with Crippen molar-refractivity contribution in [1.29, 1.82) is 0 Å². The number of nitrogens with zero attached hydrogens (tertiary/aromatic N) is 9. The predicted octanol–water partition coefficient (Wildman–Crippen LogP) is 13.3. The lowest BCUT2D eigenvalue weighted by Gasteiger charge is -2.22. The van der Waals surface area contributed by atoms with Gasteiger partial charge in [-0.25, -0.2) is 0 Å². The zero-order valence-corrected chi connectivity index (χ0v) is 37.7. The Morgan fingerprint density at radius 2 is 1.11 bits per heavy atom. The Morgan fingerprint density at radius 3 is 1.68 bits per heavy atom. The largest absolute Gasteiger partial charge is 0.372 e. The summed E-state index contributed by atoms with van der Waals surface area (Å²) in [4.78, 5) is 18.7. The van der Waals surface area contributed by atoms with Crippen LogP contribution in [0.4, 0.5) is 57.4 Å². The van der Waals surface area contributed by atoms with Crippen molar-refractivity contribution < 1.29 is 13.0 Å². The normalized spacial score (nSPS) is 11.8. The predicted molar refractivity (Wildman–Crippen MR) is 258 cm³/mol. The van der Waals surface area contributed by atoms with E-state index in [1.54, 1.807) is 24.3 Å². The average molecular weight is 882 g/mol. The second-order valence-corrected chi connectivity index (χ2v) is 16.9. The maximum Gasteiger partial charge on any atom is 0.296 e. The summed E-state index contributed by atoms with van der Waals surface area (Å²) in [7, 11) is -4.63. The molecular weight excluding hydrogens is 831 g/mol. The molecule has 0 amide bonds. The Labute approximate surface area is 372 Å². The van der Waals surface area contributed by atoms with E-state index in [0.717, 1.165) is 78.0 Å². The maximum atomic E-state index is 12.5. The van der Waals surface area contributed by atoms with E-state index in [2.05, 4.69) is 77.4 Å². The number of azo groups is 2. The van der Waals surface area contributed by atoms with Crippen LogP contribution in [-0.4, -0.2) is 59.9 Å². The number of nitrogens with one attached hydrogen (secondary N) is 2. The first kappa shape index (κ1) is 44.6. The molecule has 1 aromatic heterocycles. The van der Waals surface area contributed by atoms with Crippen LogP contribution in [-0.2, 0) is 10.1 Å². The lowest BCUT2D eigenvalue weighted by atomic mass is 10.1. The Balaban J connectivity index is 1.31. The Kier molecular flexibility index (Phi) is 14.6. The lowest BCUT2D eigenvalue weighted by Crippen LogP contribution is -2.21. The first-order chi connectivity index (χ1) is 30.6. The monoisotopic (exact) mass is 881 g/mol. The number of unbranched alkanes of at least 4 members (excludes halogenated alkanes) is 1. The van der Waals surface area contributed by atoms with E-state index in [9.17, 15) is 13.0 Å². The molecule has 0 aliphatic carbocycles. The van der Waals surface area contributed by atoms with Gasteiger partial charge in [0.1, 0.15) is 22.0 Å². The van der Waals surface area contributed by atoms with Crippen LogP contribution in [0.1, 0.15) is 47.5 Å². The number of benzene rings is 6. The van der Waals surface area contributed by atoms with Crippen LogP contribution >= 0.6 is 11.8 Å². The summed E-state index contributed by atoms with van der Waals surface area (Å²) >= 11 is 1.53. The van der Waals surface area contributed by atoms with Crippen molar-refractivity contribution in [1.82, 2.24) is 15.0 Å². The number of thioether (sulfide) groups is 1. The van der Waals surface area contributed by atoms with Crippen molar-refractivity contribution in [2.75, 3.05) is 52.4 Å². The first-order valence-corrected chi connectivity index (χ1v) is 23.6. The van der Waals surface area contributed by atoms with E-state index in [1.165, 1.54) is 17.8 Å². The number of hydrogen-bond donors (Lipinski definition) is 3. The van der Waals surface area contributed by atoms with Crippen molar-refractivity contribution in [3.05, 3.63) is 115 Å². The van der Waals surface area contributed by atoms with E-state index in [4.69, 9.17) is 25.2 Å². The van der Waals surface area contributed by atoms with Gasteiger partial charge in [-0.15, -0.1) is 20.5 Å². The van der Waals surface area contributed by atoms with Crippen LogP contribution in [0.3, 0.4) is 0 Å². The van der Waals surface area contributed by atoms with Crippen molar-refractivity contribution in [3.8, 4) is 0 Å². The van der Waals surface area contributed by atoms with Gasteiger partial charge in [-0.05, 0) is 93.4 Å². The number of aromatic nitrogens is 3. The molecule has 0 saturated carbocycles. The summed E-state index contributed by atoms with van der Waals surface area (Å²) < 4.78 is 35.2. The van der Waals surface area contributed by atoms with Crippen LogP contribution in [0.15, 0.2) is 146 Å². The second-order valence-electron chi connectivity index (χ2n) is 14.5. The third-order valence-corrected chi connectivity index (χ3v) is 12.3. The van der Waals surface area contributed by atoms with Crippen LogP contribution < -0.4 is 20.4 Å². The quantitative estimate of drug-likeness (QED) is 0.0305. The minimum absolute atomic E-state index is 0.0240. The third kappa shape index (κ3) is 10.8. The van der Waals surface area contributed by atoms with Gasteiger partial charge in [-0.2, -0.15) is 23.4 Å². The zero-order chi connectivity index (χ0) is 44.3. The van der Waals surface area contributed by atoms with Crippen molar-refractivity contribution >= 4 is 101 Å². The fourth-order valence-electron chi connectivity index (χ4n) is 7.13. The van der Waals surface area contributed by atoms with Gasteiger partial charge in [0.05, 0.1) is 17.1 Å². The average Bonchev–Trinajstić information content (AvgIpc) is 3.29. The molecule has 0 unspecified atom stereocenters. The Hall–Kier alpha value is -6.49. The van der Waals surface area contributed by atoms with Crippen molar-refractivity contribution in [2.24, 2.45) is 20.5 Å². The van der Waals surface area contributed by atoms with E-state index >= 15 is 0 Å². The van der Waals surface area contributed by atoms with Gasteiger partial charge < -0.3 is 20.4 Å². The maximum absolute atomic E-state index is 12.5. The smallest absolute Gasteiger partial charge is 0.296 e. The van der Waals surface area contributed by atoms with Gasteiger partial charge in [-0.1, -0.05) is 91.8 Å². The fraction of sp³-hybridized carbons (Fsp3) is 0.255. The van der Waals surface area contributed by atoms with E-state index < -0.39 is 10.1 Å². The molecular formula is C47H51N11O3S2. The summed E-state index contributed by atoms with van der Waals surface area (Å²) in [6, 6.07) is 35.9. The van der Waals surface area contributed by atoms with Crippen LogP contribution in [0.25, 0.3) is 21.5 Å². The molecule has 0 atom stereocenters. The molecule has 14 nitrogen and oxygen atoms in total. The highest BCUT2D eigenvalue weighted by Gasteiger charge is 2.20. The molecule has 6 aromatic carbocycles. The van der Waals surface area contributed by atoms with Gasteiger partial charge >= 0.3 is 0 Å².